The zero-order chi connectivity index (χ0) is 12.3. The van der Waals surface area contributed by atoms with Gasteiger partial charge in [0.15, 0.2) is 0 Å². The molecule has 0 aromatic heterocycles. The van der Waals surface area contributed by atoms with Gasteiger partial charge in [0.25, 0.3) is 0 Å². The van der Waals surface area contributed by atoms with Gasteiger partial charge in [-0.3, -0.25) is 4.99 Å². The van der Waals surface area contributed by atoms with Gasteiger partial charge in [0, 0.05) is 10.5 Å². The topological polar surface area (TPSA) is 12.4 Å². The minimum absolute atomic E-state index is 0.203. The summed E-state index contributed by atoms with van der Waals surface area (Å²) in [5.41, 5.74) is 0.0530. The fourth-order valence-corrected chi connectivity index (χ4v) is 1.58. The summed E-state index contributed by atoms with van der Waals surface area (Å²) in [5, 5.41) is 0. The Labute approximate surface area is 96.1 Å². The molecule has 86 valence electrons. The maximum absolute atomic E-state index is 12.4. The third-order valence-corrected chi connectivity index (χ3v) is 2.75. The highest BCUT2D eigenvalue weighted by molar-refractivity contribution is 8.07. The lowest BCUT2D eigenvalue weighted by molar-refractivity contribution is -0.137. The normalized spacial score (nSPS) is 11.2. The van der Waals surface area contributed by atoms with E-state index >= 15 is 0 Å². The number of rotatable bonds is 3. The number of thioether (sulfide) groups is 1. The average molecular weight is 245 g/mol. The van der Waals surface area contributed by atoms with Crippen LogP contribution in [0.4, 0.5) is 18.9 Å². The molecule has 1 aromatic carbocycles. The van der Waals surface area contributed by atoms with Crippen LogP contribution in [0.15, 0.2) is 29.8 Å². The largest absolute Gasteiger partial charge is 0.416 e. The van der Waals surface area contributed by atoms with Crippen LogP contribution in [0, 0.1) is 0 Å². The van der Waals surface area contributed by atoms with Gasteiger partial charge in [-0.05, 0) is 25.1 Å². The number of hydrogen-bond donors (Lipinski definition) is 0. The van der Waals surface area contributed by atoms with Gasteiger partial charge in [0.2, 0.25) is 0 Å². The summed E-state index contributed by atoms with van der Waals surface area (Å²) in [6.45, 7) is 7.00. The molecule has 0 amide bonds. The predicted octanol–water partition coefficient (Wildman–Crippen LogP) is 4.37. The lowest BCUT2D eigenvalue weighted by Crippen LogP contribution is -2.04. The molecule has 0 N–H and O–H groups in total. The van der Waals surface area contributed by atoms with E-state index in [0.717, 1.165) is 12.1 Å². The molecule has 0 aliphatic carbocycles. The summed E-state index contributed by atoms with van der Waals surface area (Å²) in [7, 11) is 0. The van der Waals surface area contributed by atoms with Crippen LogP contribution in [0.2, 0.25) is 0 Å². The zero-order valence-electron chi connectivity index (χ0n) is 8.64. The molecule has 0 aliphatic rings. The van der Waals surface area contributed by atoms with Crippen molar-refractivity contribution in [3.63, 3.8) is 0 Å². The van der Waals surface area contributed by atoms with Crippen LogP contribution >= 0.6 is 11.8 Å². The smallest absolute Gasteiger partial charge is 0.264 e. The SMILES string of the molecule is C=Nc1cc(C(F)(F)F)ccc1C(=C)SC. The average Bonchev–Trinajstić information content (AvgIpc) is 2.26. The first kappa shape index (κ1) is 12.8. The molecule has 0 bridgehead atoms. The Hall–Kier alpha value is -1.23. The van der Waals surface area contributed by atoms with Gasteiger partial charge in [-0.25, -0.2) is 0 Å². The Morgan fingerprint density at radius 2 is 2.00 bits per heavy atom. The van der Waals surface area contributed by atoms with Gasteiger partial charge in [0.05, 0.1) is 11.3 Å². The van der Waals surface area contributed by atoms with Crippen molar-refractivity contribution in [1.29, 1.82) is 0 Å². The van der Waals surface area contributed by atoms with Crippen LogP contribution in [-0.4, -0.2) is 13.0 Å². The van der Waals surface area contributed by atoms with Crippen molar-refractivity contribution in [2.75, 3.05) is 6.26 Å². The maximum atomic E-state index is 12.4. The van der Waals surface area contributed by atoms with E-state index in [4.69, 9.17) is 0 Å². The molecule has 16 heavy (non-hydrogen) atoms. The van der Waals surface area contributed by atoms with Crippen molar-refractivity contribution in [3.8, 4) is 0 Å². The Morgan fingerprint density at radius 1 is 1.38 bits per heavy atom. The van der Waals surface area contributed by atoms with E-state index in [0.29, 0.717) is 10.5 Å². The van der Waals surface area contributed by atoms with Gasteiger partial charge >= 0.3 is 6.18 Å². The lowest BCUT2D eigenvalue weighted by Gasteiger charge is -2.11. The summed E-state index contributed by atoms with van der Waals surface area (Å²) in [4.78, 5) is 4.25. The second-order valence-electron chi connectivity index (χ2n) is 3.02. The maximum Gasteiger partial charge on any atom is 0.416 e. The van der Waals surface area contributed by atoms with Gasteiger partial charge in [0.1, 0.15) is 0 Å². The number of alkyl halides is 3. The molecule has 0 atom stereocenters. The number of nitrogens with zero attached hydrogens (tertiary/aromatic N) is 1. The molecule has 0 aliphatic heterocycles. The van der Waals surface area contributed by atoms with Crippen molar-refractivity contribution in [1.82, 2.24) is 0 Å². The molecule has 1 aromatic rings. The third kappa shape index (κ3) is 2.66. The summed E-state index contributed by atoms with van der Waals surface area (Å²) in [5.74, 6) is 0. The van der Waals surface area contributed by atoms with Crippen molar-refractivity contribution in [2.24, 2.45) is 4.99 Å². The molecule has 1 rings (SSSR count). The molecule has 0 saturated carbocycles. The minimum Gasteiger partial charge on any atom is -0.264 e. The summed E-state index contributed by atoms with van der Waals surface area (Å²) in [6.07, 6.45) is -2.56. The molecule has 0 saturated heterocycles. The van der Waals surface area contributed by atoms with Crippen LogP contribution in [0.3, 0.4) is 0 Å². The van der Waals surface area contributed by atoms with Crippen LogP contribution in [0.25, 0.3) is 4.91 Å². The highest BCUT2D eigenvalue weighted by Crippen LogP contribution is 2.37. The fourth-order valence-electron chi connectivity index (χ4n) is 1.18. The number of aliphatic imine (C=N–C) groups is 1. The van der Waals surface area contributed by atoms with Crippen LogP contribution in [0.5, 0.6) is 0 Å². The monoisotopic (exact) mass is 245 g/mol. The second kappa shape index (κ2) is 4.74. The molecular formula is C11H10F3NS. The first-order valence-corrected chi connectivity index (χ1v) is 5.54. The molecule has 1 nitrogen and oxygen atoms in total. The molecule has 5 heteroatoms. The number of hydrogen-bond acceptors (Lipinski definition) is 2. The molecule has 0 fully saturated rings. The lowest BCUT2D eigenvalue weighted by atomic mass is 10.1. The molecule has 0 unspecified atom stereocenters. The van der Waals surface area contributed by atoms with Gasteiger partial charge in [-0.2, -0.15) is 13.2 Å². The minimum atomic E-state index is -4.36. The summed E-state index contributed by atoms with van der Waals surface area (Å²) < 4.78 is 37.3. The predicted molar refractivity (Wildman–Crippen MR) is 63.2 cm³/mol. The quantitative estimate of drug-likeness (QED) is 0.720. The Morgan fingerprint density at radius 3 is 2.44 bits per heavy atom. The van der Waals surface area contributed by atoms with E-state index in [1.807, 2.05) is 0 Å². The second-order valence-corrected chi connectivity index (χ2v) is 3.92. The molecule has 0 heterocycles. The first-order chi connectivity index (χ1) is 7.40. The Balaban J connectivity index is 3.27. The van der Waals surface area contributed by atoms with Gasteiger partial charge < -0.3 is 0 Å². The summed E-state index contributed by atoms with van der Waals surface area (Å²) >= 11 is 1.36. The number of benzene rings is 1. The third-order valence-electron chi connectivity index (χ3n) is 2.04. The number of halogens is 3. The molecule has 0 spiro atoms. The van der Waals surface area contributed by atoms with E-state index in [9.17, 15) is 13.2 Å². The van der Waals surface area contributed by atoms with E-state index in [1.165, 1.54) is 17.8 Å². The van der Waals surface area contributed by atoms with Crippen molar-refractivity contribution in [3.05, 3.63) is 35.9 Å². The van der Waals surface area contributed by atoms with E-state index < -0.39 is 11.7 Å². The first-order valence-electron chi connectivity index (χ1n) is 4.31. The Kier molecular flexibility index (Phi) is 3.80. The molecule has 0 radical (unpaired) electrons. The highest BCUT2D eigenvalue weighted by Gasteiger charge is 2.31. The van der Waals surface area contributed by atoms with Gasteiger partial charge in [-0.1, -0.05) is 12.6 Å². The fraction of sp³-hybridized carbons (Fsp3) is 0.182. The van der Waals surface area contributed by atoms with Crippen LogP contribution in [0.1, 0.15) is 11.1 Å². The van der Waals surface area contributed by atoms with Crippen molar-refractivity contribution >= 4 is 29.1 Å². The van der Waals surface area contributed by atoms with Crippen LogP contribution in [-0.2, 0) is 6.18 Å². The highest BCUT2D eigenvalue weighted by atomic mass is 32.2. The zero-order valence-corrected chi connectivity index (χ0v) is 9.45. The van der Waals surface area contributed by atoms with E-state index in [-0.39, 0.29) is 5.69 Å². The standard InChI is InChI=1S/C11H10F3NS/c1-7(16-3)9-5-4-8(11(12,13)14)6-10(9)15-2/h4-6H,1-2H2,3H3. The van der Waals surface area contributed by atoms with Crippen LogP contribution < -0.4 is 0 Å². The van der Waals surface area contributed by atoms with E-state index in [1.54, 1.807) is 6.26 Å². The van der Waals surface area contributed by atoms with Crippen molar-refractivity contribution < 1.29 is 13.2 Å². The van der Waals surface area contributed by atoms with E-state index in [2.05, 4.69) is 18.3 Å². The summed E-state index contributed by atoms with van der Waals surface area (Å²) in [6, 6.07) is 3.36. The van der Waals surface area contributed by atoms with Crippen molar-refractivity contribution in [2.45, 2.75) is 6.18 Å². The molecular weight excluding hydrogens is 235 g/mol. The van der Waals surface area contributed by atoms with Gasteiger partial charge in [-0.15, -0.1) is 11.8 Å². The Bertz CT molecular complexity index is 424.